The molecule has 4 rings (SSSR count). The number of benzene rings is 2. The molecule has 0 aliphatic rings. The standard InChI is InChI=1S/C22H19ClN2O4S2/c1-3-31(27,28)18-9-5-4-8-16(18)21(26)25(13-15-7-6-12-29-15)22-24-19-14(2)10-11-17(23)20(19)30-22/h4-12H,3,13H2,1-2H3. The molecule has 2 aromatic carbocycles. The molecule has 0 aliphatic carbocycles. The summed E-state index contributed by atoms with van der Waals surface area (Å²) in [6.07, 6.45) is 1.52. The number of aromatic nitrogens is 1. The predicted molar refractivity (Wildman–Crippen MR) is 123 cm³/mol. The number of aryl methyl sites for hydroxylation is 1. The van der Waals surface area contributed by atoms with E-state index in [0.717, 1.165) is 10.3 Å². The lowest BCUT2D eigenvalue weighted by molar-refractivity contribution is 0.0980. The van der Waals surface area contributed by atoms with E-state index in [1.807, 2.05) is 13.0 Å². The van der Waals surface area contributed by atoms with E-state index in [2.05, 4.69) is 4.98 Å². The highest BCUT2D eigenvalue weighted by atomic mass is 35.5. The van der Waals surface area contributed by atoms with Gasteiger partial charge in [-0.05, 0) is 42.8 Å². The van der Waals surface area contributed by atoms with Crippen molar-refractivity contribution in [2.45, 2.75) is 25.3 Å². The van der Waals surface area contributed by atoms with Gasteiger partial charge in [-0.2, -0.15) is 0 Å². The Bertz CT molecular complexity index is 1320. The molecule has 0 atom stereocenters. The zero-order valence-corrected chi connectivity index (χ0v) is 19.2. The topological polar surface area (TPSA) is 80.5 Å². The van der Waals surface area contributed by atoms with Crippen LogP contribution in [0.15, 0.2) is 64.1 Å². The fourth-order valence-corrected chi connectivity index (χ4v) is 5.61. The van der Waals surface area contributed by atoms with E-state index in [0.29, 0.717) is 21.4 Å². The predicted octanol–water partition coefficient (Wildman–Crippen LogP) is 5.49. The molecule has 0 unspecified atom stereocenters. The first-order chi connectivity index (χ1) is 14.8. The van der Waals surface area contributed by atoms with Gasteiger partial charge in [0.05, 0.1) is 44.3 Å². The van der Waals surface area contributed by atoms with Gasteiger partial charge in [0, 0.05) is 0 Å². The molecule has 0 saturated carbocycles. The molecule has 4 aromatic rings. The number of anilines is 1. The third kappa shape index (κ3) is 4.11. The highest BCUT2D eigenvalue weighted by molar-refractivity contribution is 7.91. The smallest absolute Gasteiger partial charge is 0.261 e. The molecule has 2 aromatic heterocycles. The fraction of sp³-hybridized carbons (Fsp3) is 0.182. The number of hydrogen-bond donors (Lipinski definition) is 0. The van der Waals surface area contributed by atoms with Gasteiger partial charge < -0.3 is 4.42 Å². The number of rotatable bonds is 6. The Balaban J connectivity index is 1.87. The van der Waals surface area contributed by atoms with E-state index in [-0.39, 0.29) is 22.8 Å². The van der Waals surface area contributed by atoms with Gasteiger partial charge in [0.25, 0.3) is 5.91 Å². The molecule has 1 amide bonds. The summed E-state index contributed by atoms with van der Waals surface area (Å²) >= 11 is 7.64. The van der Waals surface area contributed by atoms with Gasteiger partial charge in [0.2, 0.25) is 0 Å². The van der Waals surface area contributed by atoms with Crippen molar-refractivity contribution in [2.75, 3.05) is 10.7 Å². The van der Waals surface area contributed by atoms with Crippen molar-refractivity contribution in [1.82, 2.24) is 4.98 Å². The average Bonchev–Trinajstić information content (AvgIpc) is 3.45. The number of halogens is 1. The third-order valence-electron chi connectivity index (χ3n) is 4.89. The normalized spacial score (nSPS) is 11.7. The fourth-order valence-electron chi connectivity index (χ4n) is 3.21. The quantitative estimate of drug-likeness (QED) is 0.369. The first-order valence-corrected chi connectivity index (χ1v) is 12.4. The number of sulfone groups is 1. The van der Waals surface area contributed by atoms with Crippen LogP contribution in [-0.2, 0) is 16.4 Å². The van der Waals surface area contributed by atoms with E-state index in [9.17, 15) is 13.2 Å². The number of fused-ring (bicyclic) bond motifs is 1. The van der Waals surface area contributed by atoms with Crippen LogP contribution in [-0.4, -0.2) is 25.1 Å². The summed E-state index contributed by atoms with van der Waals surface area (Å²) in [6, 6.07) is 13.4. The van der Waals surface area contributed by atoms with Crippen LogP contribution >= 0.6 is 22.9 Å². The summed E-state index contributed by atoms with van der Waals surface area (Å²) in [4.78, 5) is 19.8. The lowest BCUT2D eigenvalue weighted by atomic mass is 10.2. The highest BCUT2D eigenvalue weighted by Crippen LogP contribution is 2.37. The summed E-state index contributed by atoms with van der Waals surface area (Å²) < 4.78 is 31.4. The summed E-state index contributed by atoms with van der Waals surface area (Å²) in [5.74, 6) is -0.0334. The van der Waals surface area contributed by atoms with Crippen molar-refractivity contribution in [3.8, 4) is 0 Å². The van der Waals surface area contributed by atoms with Crippen molar-refractivity contribution in [1.29, 1.82) is 0 Å². The molecule has 0 N–H and O–H groups in total. The highest BCUT2D eigenvalue weighted by Gasteiger charge is 2.28. The molecule has 0 aliphatic heterocycles. The molecule has 0 saturated heterocycles. The number of furan rings is 1. The first-order valence-electron chi connectivity index (χ1n) is 9.53. The van der Waals surface area contributed by atoms with Crippen LogP contribution in [0.3, 0.4) is 0 Å². The van der Waals surface area contributed by atoms with Crippen LogP contribution in [0.2, 0.25) is 5.02 Å². The monoisotopic (exact) mass is 474 g/mol. The summed E-state index contributed by atoms with van der Waals surface area (Å²) in [7, 11) is -3.60. The second-order valence-corrected chi connectivity index (χ2v) is 10.5. The van der Waals surface area contributed by atoms with Gasteiger partial charge in [-0.15, -0.1) is 0 Å². The molecular weight excluding hydrogens is 456 g/mol. The van der Waals surface area contributed by atoms with E-state index < -0.39 is 15.7 Å². The Morgan fingerprint density at radius 3 is 2.61 bits per heavy atom. The second kappa shape index (κ2) is 8.45. The lowest BCUT2D eigenvalue weighted by Crippen LogP contribution is -2.31. The minimum atomic E-state index is -3.60. The maximum Gasteiger partial charge on any atom is 0.261 e. The maximum atomic E-state index is 13.7. The van der Waals surface area contributed by atoms with Crippen LogP contribution in [0.1, 0.15) is 28.6 Å². The number of thiazole rings is 1. The van der Waals surface area contributed by atoms with Gasteiger partial charge in [0.1, 0.15) is 5.76 Å². The minimum Gasteiger partial charge on any atom is -0.467 e. The molecule has 6 nitrogen and oxygen atoms in total. The van der Waals surface area contributed by atoms with Crippen LogP contribution in [0.25, 0.3) is 10.2 Å². The molecule has 0 radical (unpaired) electrons. The third-order valence-corrected chi connectivity index (χ3v) is 8.21. The van der Waals surface area contributed by atoms with Gasteiger partial charge in [-0.25, -0.2) is 13.4 Å². The number of amides is 1. The van der Waals surface area contributed by atoms with E-state index in [1.165, 1.54) is 34.6 Å². The van der Waals surface area contributed by atoms with Gasteiger partial charge in [-0.3, -0.25) is 9.69 Å². The van der Waals surface area contributed by atoms with Crippen molar-refractivity contribution in [2.24, 2.45) is 0 Å². The van der Waals surface area contributed by atoms with Crippen molar-refractivity contribution < 1.29 is 17.6 Å². The number of nitrogens with zero attached hydrogens (tertiary/aromatic N) is 2. The van der Waals surface area contributed by atoms with Gasteiger partial charge >= 0.3 is 0 Å². The Hall–Kier alpha value is -2.68. The van der Waals surface area contributed by atoms with E-state index in [1.54, 1.807) is 37.3 Å². The molecule has 160 valence electrons. The number of hydrogen-bond acceptors (Lipinski definition) is 6. The Morgan fingerprint density at radius 1 is 1.16 bits per heavy atom. The summed E-state index contributed by atoms with van der Waals surface area (Å²) in [5, 5.41) is 0.958. The number of carbonyl (C=O) groups excluding carboxylic acids is 1. The summed E-state index contributed by atoms with van der Waals surface area (Å²) in [6.45, 7) is 3.57. The Labute approximate surface area is 189 Å². The molecule has 2 heterocycles. The van der Waals surface area contributed by atoms with Crippen LogP contribution in [0, 0.1) is 6.92 Å². The molecule has 31 heavy (non-hydrogen) atoms. The molecule has 0 spiro atoms. The number of carbonyl (C=O) groups is 1. The van der Waals surface area contributed by atoms with Gasteiger partial charge in [-0.1, -0.05) is 48.1 Å². The lowest BCUT2D eigenvalue weighted by Gasteiger charge is -2.20. The van der Waals surface area contributed by atoms with Crippen LogP contribution < -0.4 is 4.90 Å². The largest absolute Gasteiger partial charge is 0.467 e. The van der Waals surface area contributed by atoms with E-state index >= 15 is 0 Å². The molecule has 9 heteroatoms. The summed E-state index contributed by atoms with van der Waals surface area (Å²) in [5.41, 5.74) is 1.73. The molecular formula is C22H19ClN2O4S2. The zero-order valence-electron chi connectivity index (χ0n) is 16.8. The Morgan fingerprint density at radius 2 is 1.94 bits per heavy atom. The SMILES string of the molecule is CCS(=O)(=O)c1ccccc1C(=O)N(Cc1ccco1)c1nc2c(C)ccc(Cl)c2s1. The average molecular weight is 475 g/mol. The second-order valence-electron chi connectivity index (χ2n) is 6.91. The van der Waals surface area contributed by atoms with E-state index in [4.69, 9.17) is 16.0 Å². The van der Waals surface area contributed by atoms with Gasteiger partial charge in [0.15, 0.2) is 15.0 Å². The van der Waals surface area contributed by atoms with Crippen LogP contribution in [0.5, 0.6) is 0 Å². The first kappa shape index (κ1) is 21.5. The zero-order chi connectivity index (χ0) is 22.2. The van der Waals surface area contributed by atoms with Crippen molar-refractivity contribution >= 4 is 54.0 Å². The van der Waals surface area contributed by atoms with Crippen LogP contribution in [0.4, 0.5) is 5.13 Å². The molecule has 0 fully saturated rings. The Kier molecular flexibility index (Phi) is 5.88. The maximum absolute atomic E-state index is 13.7. The van der Waals surface area contributed by atoms with Crippen molar-refractivity contribution in [3.63, 3.8) is 0 Å². The molecule has 0 bridgehead atoms. The minimum absolute atomic E-state index is 0.00210. The van der Waals surface area contributed by atoms with Crippen molar-refractivity contribution in [3.05, 3.63) is 76.7 Å².